The number of hydrogen-bond donors (Lipinski definition) is 2. The van der Waals surface area contributed by atoms with E-state index in [0.717, 1.165) is 0 Å². The maximum absolute atomic E-state index is 11.8. The molecule has 0 bridgehead atoms. The van der Waals surface area contributed by atoms with Crippen LogP contribution in [0, 0.1) is 5.92 Å². The lowest BCUT2D eigenvalue weighted by Gasteiger charge is -2.17. The van der Waals surface area contributed by atoms with E-state index in [2.05, 4.69) is 4.72 Å². The van der Waals surface area contributed by atoms with Crippen molar-refractivity contribution in [2.45, 2.75) is 32.7 Å². The van der Waals surface area contributed by atoms with Crippen LogP contribution in [0.5, 0.6) is 0 Å². The van der Waals surface area contributed by atoms with Gasteiger partial charge in [0.1, 0.15) is 6.04 Å². The number of carboxylic acid groups (broad SMARTS) is 1. The van der Waals surface area contributed by atoms with Gasteiger partial charge in [0.05, 0.1) is 12.4 Å². The number of alkyl halides is 1. The molecule has 0 aromatic heterocycles. The Labute approximate surface area is 95.1 Å². The van der Waals surface area contributed by atoms with Crippen molar-refractivity contribution >= 4 is 16.0 Å². The molecule has 0 saturated heterocycles. The molecule has 0 spiro atoms. The molecule has 0 aromatic carbocycles. The van der Waals surface area contributed by atoms with Gasteiger partial charge in [0.25, 0.3) is 0 Å². The van der Waals surface area contributed by atoms with Gasteiger partial charge in [-0.25, -0.2) is 13.1 Å². The van der Waals surface area contributed by atoms with Crippen molar-refractivity contribution in [2.24, 2.45) is 5.92 Å². The number of unbranched alkanes of at least 4 members (excludes halogenated alkanes) is 1. The maximum Gasteiger partial charge on any atom is 0.321 e. The Balaban J connectivity index is 4.37. The topological polar surface area (TPSA) is 83.5 Å². The molecule has 16 heavy (non-hydrogen) atoms. The molecule has 7 heteroatoms. The summed E-state index contributed by atoms with van der Waals surface area (Å²) >= 11 is 0. The number of rotatable bonds is 8. The molecule has 0 aliphatic rings. The normalized spacial score (nSPS) is 14.0. The van der Waals surface area contributed by atoms with Crippen molar-refractivity contribution in [1.82, 2.24) is 4.72 Å². The van der Waals surface area contributed by atoms with E-state index in [1.807, 2.05) is 0 Å². The zero-order valence-corrected chi connectivity index (χ0v) is 10.3. The van der Waals surface area contributed by atoms with Gasteiger partial charge in [-0.3, -0.25) is 9.18 Å². The van der Waals surface area contributed by atoms with Gasteiger partial charge in [-0.2, -0.15) is 0 Å². The number of sulfonamides is 1. The highest BCUT2D eigenvalue weighted by atomic mass is 32.2. The standard InChI is InChI=1S/C9H18FNO4S/c1-7(2)8(9(12)13)11-16(14,15)6-4-3-5-10/h7-8,11H,3-6H2,1-2H3,(H,12,13)/t8-/m0/s1. The number of hydrogen-bond acceptors (Lipinski definition) is 3. The molecular weight excluding hydrogens is 237 g/mol. The minimum atomic E-state index is -3.64. The minimum absolute atomic E-state index is 0.167. The fourth-order valence-electron chi connectivity index (χ4n) is 1.11. The monoisotopic (exact) mass is 255 g/mol. The molecule has 0 aliphatic heterocycles. The molecule has 5 nitrogen and oxygen atoms in total. The van der Waals surface area contributed by atoms with Gasteiger partial charge in [-0.05, 0) is 18.8 Å². The molecule has 0 heterocycles. The van der Waals surface area contributed by atoms with Crippen LogP contribution in [-0.2, 0) is 14.8 Å². The molecule has 0 rings (SSSR count). The van der Waals surface area contributed by atoms with Crippen LogP contribution in [0.3, 0.4) is 0 Å². The van der Waals surface area contributed by atoms with E-state index >= 15 is 0 Å². The van der Waals surface area contributed by atoms with Crippen molar-refractivity contribution in [3.8, 4) is 0 Å². The average molecular weight is 255 g/mol. The minimum Gasteiger partial charge on any atom is -0.480 e. The summed E-state index contributed by atoms with van der Waals surface area (Å²) in [4.78, 5) is 10.8. The molecule has 96 valence electrons. The van der Waals surface area contributed by atoms with Crippen LogP contribution in [0.15, 0.2) is 0 Å². The summed E-state index contributed by atoms with van der Waals surface area (Å²) in [7, 11) is -3.64. The Bertz CT molecular complexity index is 315. The Morgan fingerprint density at radius 1 is 1.38 bits per heavy atom. The smallest absolute Gasteiger partial charge is 0.321 e. The number of nitrogens with one attached hydrogen (secondary N) is 1. The van der Waals surface area contributed by atoms with E-state index < -0.39 is 28.7 Å². The summed E-state index contributed by atoms with van der Waals surface area (Å²) in [6.07, 6.45) is 0.358. The Morgan fingerprint density at radius 2 is 1.94 bits per heavy atom. The third-order valence-corrected chi connectivity index (χ3v) is 3.48. The molecule has 0 unspecified atom stereocenters. The Morgan fingerprint density at radius 3 is 2.31 bits per heavy atom. The molecular formula is C9H18FNO4S. The van der Waals surface area contributed by atoms with Crippen molar-refractivity contribution in [3.63, 3.8) is 0 Å². The number of aliphatic carboxylic acids is 1. The van der Waals surface area contributed by atoms with E-state index in [9.17, 15) is 17.6 Å². The van der Waals surface area contributed by atoms with Crippen LogP contribution in [-0.4, -0.2) is 38.0 Å². The number of halogens is 1. The van der Waals surface area contributed by atoms with Crippen LogP contribution in [0.2, 0.25) is 0 Å². The fourth-order valence-corrected chi connectivity index (χ4v) is 2.57. The highest BCUT2D eigenvalue weighted by Gasteiger charge is 2.26. The van der Waals surface area contributed by atoms with Crippen LogP contribution >= 0.6 is 0 Å². The van der Waals surface area contributed by atoms with E-state index in [1.54, 1.807) is 13.8 Å². The van der Waals surface area contributed by atoms with Crippen LogP contribution in [0.25, 0.3) is 0 Å². The van der Waals surface area contributed by atoms with E-state index in [4.69, 9.17) is 5.11 Å². The predicted molar refractivity (Wildman–Crippen MR) is 58.4 cm³/mol. The van der Waals surface area contributed by atoms with Crippen LogP contribution in [0.4, 0.5) is 4.39 Å². The molecule has 0 aromatic rings. The lowest BCUT2D eigenvalue weighted by Crippen LogP contribution is -2.45. The molecule has 0 aliphatic carbocycles. The summed E-state index contributed by atoms with van der Waals surface area (Å²) in [6, 6.07) is -1.13. The molecule has 0 fully saturated rings. The third-order valence-electron chi connectivity index (χ3n) is 2.04. The fraction of sp³-hybridized carbons (Fsp3) is 0.889. The number of carboxylic acids is 1. The summed E-state index contributed by atoms with van der Waals surface area (Å²) < 4.78 is 36.7. The predicted octanol–water partition coefficient (Wildman–Crippen LogP) is 0.765. The number of carbonyl (C=O) groups is 1. The first kappa shape index (κ1) is 15.3. The van der Waals surface area contributed by atoms with E-state index in [1.165, 1.54) is 0 Å². The van der Waals surface area contributed by atoms with Gasteiger partial charge in [-0.15, -0.1) is 0 Å². The second-order valence-corrected chi connectivity index (χ2v) is 5.77. The van der Waals surface area contributed by atoms with Crippen molar-refractivity contribution < 1.29 is 22.7 Å². The molecule has 0 saturated carbocycles. The van der Waals surface area contributed by atoms with Gasteiger partial charge >= 0.3 is 5.97 Å². The van der Waals surface area contributed by atoms with Crippen molar-refractivity contribution in [1.29, 1.82) is 0 Å². The van der Waals surface area contributed by atoms with Crippen molar-refractivity contribution in [2.75, 3.05) is 12.4 Å². The summed E-state index contributed by atoms with van der Waals surface area (Å²) in [5.41, 5.74) is 0. The SMILES string of the molecule is CC(C)[C@H](NS(=O)(=O)CCCCF)C(=O)O. The first-order valence-corrected chi connectivity index (χ1v) is 6.74. The third kappa shape index (κ3) is 6.02. The first-order valence-electron chi connectivity index (χ1n) is 5.09. The zero-order valence-electron chi connectivity index (χ0n) is 9.44. The zero-order chi connectivity index (χ0) is 12.8. The Kier molecular flexibility index (Phi) is 6.51. The largest absolute Gasteiger partial charge is 0.480 e. The summed E-state index contributed by atoms with van der Waals surface area (Å²) in [5, 5.41) is 8.79. The summed E-state index contributed by atoms with van der Waals surface area (Å²) in [6.45, 7) is 2.66. The highest BCUT2D eigenvalue weighted by molar-refractivity contribution is 7.89. The lowest BCUT2D eigenvalue weighted by molar-refractivity contribution is -0.140. The van der Waals surface area contributed by atoms with E-state index in [-0.39, 0.29) is 24.5 Å². The molecule has 2 N–H and O–H groups in total. The van der Waals surface area contributed by atoms with Gasteiger partial charge in [0.2, 0.25) is 10.0 Å². The second-order valence-electron chi connectivity index (χ2n) is 3.89. The van der Waals surface area contributed by atoms with Gasteiger partial charge in [0.15, 0.2) is 0 Å². The lowest BCUT2D eigenvalue weighted by atomic mass is 10.1. The van der Waals surface area contributed by atoms with Crippen molar-refractivity contribution in [3.05, 3.63) is 0 Å². The van der Waals surface area contributed by atoms with Gasteiger partial charge in [0, 0.05) is 0 Å². The second kappa shape index (κ2) is 6.80. The summed E-state index contributed by atoms with van der Waals surface area (Å²) in [5.74, 6) is -1.79. The maximum atomic E-state index is 11.8. The molecule has 1 atom stereocenters. The Hall–Kier alpha value is -0.690. The van der Waals surface area contributed by atoms with Gasteiger partial charge in [-0.1, -0.05) is 13.8 Å². The highest BCUT2D eigenvalue weighted by Crippen LogP contribution is 2.05. The average Bonchev–Trinajstić information content (AvgIpc) is 2.13. The van der Waals surface area contributed by atoms with Crippen LogP contribution in [0.1, 0.15) is 26.7 Å². The quantitative estimate of drug-likeness (QED) is 0.627. The molecule has 0 amide bonds. The van der Waals surface area contributed by atoms with Gasteiger partial charge < -0.3 is 5.11 Å². The first-order chi connectivity index (χ1) is 7.30. The van der Waals surface area contributed by atoms with E-state index in [0.29, 0.717) is 0 Å². The molecule has 0 radical (unpaired) electrons. The van der Waals surface area contributed by atoms with Crippen LogP contribution < -0.4 is 4.72 Å².